The minimum atomic E-state index is -1.60. The number of hydrogen-bond donors (Lipinski definition) is 0. The maximum absolute atomic E-state index is 13.4. The molecule has 0 unspecified atom stereocenters. The third-order valence-corrected chi connectivity index (χ3v) is 7.73. The number of fused-ring (bicyclic) bond motifs is 3. The van der Waals surface area contributed by atoms with Crippen LogP contribution in [0.15, 0.2) is 127 Å². The molecule has 0 N–H and O–H groups in total. The van der Waals surface area contributed by atoms with E-state index in [0.717, 1.165) is 32.3 Å². The van der Waals surface area contributed by atoms with Gasteiger partial charge in [0.15, 0.2) is 12.4 Å². The topological polar surface area (TPSA) is 96.0 Å². The minimum Gasteiger partial charge on any atom is -0.462 e. The van der Waals surface area contributed by atoms with E-state index in [1.807, 2.05) is 72.8 Å². The van der Waals surface area contributed by atoms with E-state index < -0.39 is 42.5 Å². The summed E-state index contributed by atoms with van der Waals surface area (Å²) >= 11 is 0. The molecule has 0 heterocycles. The molecular formula is C38H27BO7. The second-order valence-electron chi connectivity index (χ2n) is 10.8. The molecular weight excluding hydrogens is 579 g/mol. The van der Waals surface area contributed by atoms with Gasteiger partial charge in [0.2, 0.25) is 0 Å². The Morgan fingerprint density at radius 3 is 1.37 bits per heavy atom. The van der Waals surface area contributed by atoms with Crippen molar-refractivity contribution < 1.29 is 33.4 Å². The minimum absolute atomic E-state index is 0.196. The van der Waals surface area contributed by atoms with Gasteiger partial charge in [-0.3, -0.25) is 4.79 Å². The van der Waals surface area contributed by atoms with Crippen molar-refractivity contribution in [2.24, 2.45) is 0 Å². The van der Waals surface area contributed by atoms with Crippen LogP contribution in [0, 0.1) is 0 Å². The van der Waals surface area contributed by atoms with Crippen LogP contribution >= 0.6 is 0 Å². The Hall–Kier alpha value is -5.76. The zero-order chi connectivity index (χ0) is 32.0. The lowest BCUT2D eigenvalue weighted by Crippen LogP contribution is -2.41. The van der Waals surface area contributed by atoms with Crippen LogP contribution in [-0.4, -0.2) is 50.9 Å². The van der Waals surface area contributed by atoms with Crippen molar-refractivity contribution in [3.8, 4) is 0 Å². The standard InChI is InChI=1S/C38H27BO7/c39-33(23-44-36(41)30-16-13-24-7-1-4-10-27(24)19-30)35(46-38(43)32-18-15-26-9-3-6-12-29(26)21-32)34(22-40)45-37(42)31-17-14-25-8-2-5-11-28(25)20-31/h1-22,33-35H,23H2/t33-,34+,35+/m1/s1. The molecule has 2 radical (unpaired) electrons. The number of aldehydes is 1. The van der Waals surface area contributed by atoms with Gasteiger partial charge in [-0.25, -0.2) is 14.4 Å². The molecule has 6 rings (SSSR count). The molecule has 46 heavy (non-hydrogen) atoms. The van der Waals surface area contributed by atoms with Gasteiger partial charge < -0.3 is 14.2 Å². The molecule has 7 nitrogen and oxygen atoms in total. The van der Waals surface area contributed by atoms with E-state index in [1.54, 1.807) is 54.6 Å². The first-order chi connectivity index (χ1) is 22.4. The Kier molecular flexibility index (Phi) is 8.88. The maximum atomic E-state index is 13.4. The Balaban J connectivity index is 1.23. The Morgan fingerprint density at radius 2 is 0.935 bits per heavy atom. The number of ether oxygens (including phenoxy) is 3. The van der Waals surface area contributed by atoms with Crippen molar-refractivity contribution in [2.75, 3.05) is 6.61 Å². The summed E-state index contributed by atoms with van der Waals surface area (Å²) in [5.41, 5.74) is 0.696. The highest BCUT2D eigenvalue weighted by Crippen LogP contribution is 2.24. The zero-order valence-electron chi connectivity index (χ0n) is 24.6. The molecule has 0 saturated carbocycles. The molecule has 0 bridgehead atoms. The van der Waals surface area contributed by atoms with Gasteiger partial charge in [0, 0.05) is 0 Å². The van der Waals surface area contributed by atoms with Crippen LogP contribution in [0.1, 0.15) is 31.1 Å². The number of carbonyl (C=O) groups is 4. The highest BCUT2D eigenvalue weighted by molar-refractivity contribution is 6.13. The molecule has 0 spiro atoms. The molecule has 6 aromatic carbocycles. The lowest BCUT2D eigenvalue weighted by atomic mass is 9.80. The van der Waals surface area contributed by atoms with E-state index in [2.05, 4.69) is 0 Å². The van der Waals surface area contributed by atoms with Crippen molar-refractivity contribution in [1.82, 2.24) is 0 Å². The zero-order valence-corrected chi connectivity index (χ0v) is 24.6. The second-order valence-corrected chi connectivity index (χ2v) is 10.8. The smallest absolute Gasteiger partial charge is 0.338 e. The summed E-state index contributed by atoms with van der Waals surface area (Å²) in [7, 11) is 6.41. The van der Waals surface area contributed by atoms with Crippen LogP contribution in [-0.2, 0) is 19.0 Å². The van der Waals surface area contributed by atoms with Crippen LogP contribution in [0.3, 0.4) is 0 Å². The normalized spacial score (nSPS) is 13.0. The van der Waals surface area contributed by atoms with Gasteiger partial charge in [-0.05, 0) is 74.5 Å². The lowest BCUT2D eigenvalue weighted by Gasteiger charge is -2.28. The molecule has 3 atom stereocenters. The fourth-order valence-electron chi connectivity index (χ4n) is 5.25. The van der Waals surface area contributed by atoms with Crippen LogP contribution in [0.5, 0.6) is 0 Å². The van der Waals surface area contributed by atoms with Crippen LogP contribution in [0.2, 0.25) is 5.82 Å². The first-order valence-corrected chi connectivity index (χ1v) is 14.7. The molecule has 6 aromatic rings. The predicted molar refractivity (Wildman–Crippen MR) is 176 cm³/mol. The summed E-state index contributed by atoms with van der Waals surface area (Å²) < 4.78 is 16.8. The summed E-state index contributed by atoms with van der Waals surface area (Å²) in [6.07, 6.45) is -2.73. The Bertz CT molecular complexity index is 2090. The molecule has 0 aliphatic heterocycles. The largest absolute Gasteiger partial charge is 0.462 e. The Morgan fingerprint density at radius 1 is 0.543 bits per heavy atom. The van der Waals surface area contributed by atoms with E-state index in [4.69, 9.17) is 22.1 Å². The third kappa shape index (κ3) is 6.66. The summed E-state index contributed by atoms with van der Waals surface area (Å²) in [6, 6.07) is 37.6. The lowest BCUT2D eigenvalue weighted by molar-refractivity contribution is -0.122. The van der Waals surface area contributed by atoms with Crippen LogP contribution < -0.4 is 0 Å². The average molecular weight is 606 g/mol. The van der Waals surface area contributed by atoms with Crippen molar-refractivity contribution in [1.29, 1.82) is 0 Å². The predicted octanol–water partition coefficient (Wildman–Crippen LogP) is 6.91. The van der Waals surface area contributed by atoms with Crippen LogP contribution in [0.4, 0.5) is 0 Å². The van der Waals surface area contributed by atoms with Gasteiger partial charge in [0.25, 0.3) is 0 Å². The molecule has 224 valence electrons. The number of esters is 3. The first kappa shape index (κ1) is 30.3. The number of rotatable bonds is 10. The maximum Gasteiger partial charge on any atom is 0.338 e. The van der Waals surface area contributed by atoms with Crippen molar-refractivity contribution in [3.63, 3.8) is 0 Å². The number of hydrogen-bond acceptors (Lipinski definition) is 7. The molecule has 0 saturated heterocycles. The highest BCUT2D eigenvalue weighted by Gasteiger charge is 2.34. The summed E-state index contributed by atoms with van der Waals surface area (Å²) in [5, 5.41) is 5.25. The van der Waals surface area contributed by atoms with Crippen molar-refractivity contribution in [2.45, 2.75) is 18.0 Å². The molecule has 8 heteroatoms. The third-order valence-electron chi connectivity index (χ3n) is 7.73. The average Bonchev–Trinajstić information content (AvgIpc) is 3.10. The Labute approximate surface area is 266 Å². The SMILES string of the molecule is [B][C@H](COC(=O)c1ccc2ccccc2c1)[C@H](OC(=O)c1ccc2ccccc2c1)[C@H](C=O)OC(=O)c1ccc2ccccc2c1. The fourth-order valence-corrected chi connectivity index (χ4v) is 5.25. The van der Waals surface area contributed by atoms with E-state index in [0.29, 0.717) is 11.8 Å². The van der Waals surface area contributed by atoms with Crippen molar-refractivity contribution >= 4 is 64.4 Å². The summed E-state index contributed by atoms with van der Waals surface area (Å²) in [4.78, 5) is 51.9. The molecule has 0 amide bonds. The summed E-state index contributed by atoms with van der Waals surface area (Å²) in [5.74, 6) is -3.49. The second kappa shape index (κ2) is 13.5. The van der Waals surface area contributed by atoms with Gasteiger partial charge in [0.1, 0.15) is 6.10 Å². The fraction of sp³-hybridized carbons (Fsp3) is 0.105. The molecule has 0 aliphatic carbocycles. The van der Waals surface area contributed by atoms with Gasteiger partial charge in [-0.1, -0.05) is 91.0 Å². The van der Waals surface area contributed by atoms with Crippen molar-refractivity contribution in [3.05, 3.63) is 144 Å². The van der Waals surface area contributed by atoms with Crippen LogP contribution in [0.25, 0.3) is 32.3 Å². The van der Waals surface area contributed by atoms with E-state index in [-0.39, 0.29) is 11.1 Å². The van der Waals surface area contributed by atoms with Gasteiger partial charge in [-0.2, -0.15) is 0 Å². The number of benzene rings is 6. The van der Waals surface area contributed by atoms with Gasteiger partial charge in [0.05, 0.1) is 31.1 Å². The van der Waals surface area contributed by atoms with Gasteiger partial charge >= 0.3 is 17.9 Å². The number of carbonyl (C=O) groups excluding carboxylic acids is 4. The van der Waals surface area contributed by atoms with E-state index in [1.165, 1.54) is 0 Å². The molecule has 0 fully saturated rings. The summed E-state index contributed by atoms with van der Waals surface area (Å²) in [6.45, 7) is -0.431. The van der Waals surface area contributed by atoms with Gasteiger partial charge in [-0.15, -0.1) is 0 Å². The highest BCUT2D eigenvalue weighted by atomic mass is 16.6. The molecule has 0 aromatic heterocycles. The monoisotopic (exact) mass is 606 g/mol. The van der Waals surface area contributed by atoms with E-state index >= 15 is 0 Å². The van der Waals surface area contributed by atoms with E-state index in [9.17, 15) is 19.2 Å². The first-order valence-electron chi connectivity index (χ1n) is 14.7. The quantitative estimate of drug-likeness (QED) is 0.0724. The molecule has 0 aliphatic rings.